The molecule has 2 N–H and O–H groups in total. The van der Waals surface area contributed by atoms with Gasteiger partial charge in [-0.3, -0.25) is 28.8 Å². The minimum absolute atomic E-state index is 0. The maximum Gasteiger partial charge on any atom is 0.373 e. The van der Waals surface area contributed by atoms with Gasteiger partial charge in [0.2, 0.25) is 22.7 Å². The number of carboxylic acids is 1. The zero-order valence-corrected chi connectivity index (χ0v) is 78.5. The zero-order valence-electron chi connectivity index (χ0n) is 72.8. The van der Waals surface area contributed by atoms with E-state index >= 15 is 0 Å². The fourth-order valence-electron chi connectivity index (χ4n) is 12.0. The molecule has 2 aliphatic carbocycles. The van der Waals surface area contributed by atoms with Crippen LogP contribution in [0.1, 0.15) is 215 Å². The molecule has 123 heavy (non-hydrogen) atoms. The van der Waals surface area contributed by atoms with Crippen LogP contribution in [0.3, 0.4) is 0 Å². The molecule has 0 radical (unpaired) electrons. The topological polar surface area (TPSA) is 432 Å². The Morgan fingerprint density at radius 1 is 0.496 bits per heavy atom. The number of benzene rings is 4. The van der Waals surface area contributed by atoms with E-state index in [1.807, 2.05) is 20.8 Å². The first-order chi connectivity index (χ1) is 56.9. The molecule has 0 saturated carbocycles. The van der Waals surface area contributed by atoms with Crippen molar-refractivity contribution in [1.29, 1.82) is 0 Å². The molecule has 0 spiro atoms. The van der Waals surface area contributed by atoms with Crippen LogP contribution >= 0.6 is 15.9 Å². The molecule has 0 saturated heterocycles. The Labute approximate surface area is 747 Å². The van der Waals surface area contributed by atoms with Gasteiger partial charge in [0.1, 0.15) is 53.6 Å². The molecule has 4 aromatic carbocycles. The predicted octanol–water partition coefficient (Wildman–Crippen LogP) is 11.9. The Morgan fingerprint density at radius 2 is 0.837 bits per heavy atom. The average molecular weight is 2010 g/mol. The molecule has 8 rings (SSSR count). The average Bonchev–Trinajstić information content (AvgIpc) is 0.750. The number of carbonyl (C=O) groups is 8. The summed E-state index contributed by atoms with van der Waals surface area (Å²) in [6, 6.07) is 8.26. The van der Waals surface area contributed by atoms with Crippen LogP contribution in [0.25, 0.3) is 33.1 Å². The molecule has 672 valence electrons. The van der Waals surface area contributed by atoms with Gasteiger partial charge in [-0.15, -0.1) is 0 Å². The summed E-state index contributed by atoms with van der Waals surface area (Å²) >= 11 is 3.26. The van der Waals surface area contributed by atoms with Crippen LogP contribution < -0.4 is 45.5 Å². The number of hydrogen-bond donors (Lipinski definition) is 2. The smallest absolute Gasteiger partial charge is 0.373 e. The molecule has 34 heteroatoms. The quantitative estimate of drug-likeness (QED) is 0.0123. The van der Waals surface area contributed by atoms with E-state index < -0.39 is 63.6 Å². The number of halogens is 1. The van der Waals surface area contributed by atoms with Crippen molar-refractivity contribution in [3.8, 4) is 23.0 Å². The van der Waals surface area contributed by atoms with Gasteiger partial charge in [0.05, 0.1) is 59.9 Å². The Balaban J connectivity index is 0.000000659. The number of aryl methyl sites for hydroxylation is 2. The number of methoxy groups -OCH3 is 4. The van der Waals surface area contributed by atoms with Crippen LogP contribution in [-0.2, 0) is 93.8 Å². The van der Waals surface area contributed by atoms with Gasteiger partial charge in [-0.1, -0.05) is 77.1 Å². The summed E-state index contributed by atoms with van der Waals surface area (Å²) in [4.78, 5) is 163. The third kappa shape index (κ3) is 34.3. The molecule has 0 aliphatic heterocycles. The minimum Gasteiger partial charge on any atom is -0.545 e. The molecule has 2 atom stereocenters. The van der Waals surface area contributed by atoms with Gasteiger partial charge in [-0.05, 0) is 188 Å². The monoisotopic (exact) mass is 2010 g/mol. The normalized spacial score (nSPS) is 12.6. The van der Waals surface area contributed by atoms with Gasteiger partial charge < -0.3 is 90.9 Å². The second-order valence-corrected chi connectivity index (χ2v) is 32.8. The number of ketones is 2. The Bertz CT molecular complexity index is 4890. The minimum atomic E-state index is -1.49. The van der Waals surface area contributed by atoms with Crippen LogP contribution in [0.2, 0.25) is 0 Å². The first kappa shape index (κ1) is 109. The van der Waals surface area contributed by atoms with Crippen LogP contribution in [0.4, 0.5) is 0 Å². The van der Waals surface area contributed by atoms with Crippen LogP contribution in [0, 0.1) is 69.6 Å². The Morgan fingerprint density at radius 3 is 1.17 bits per heavy atom. The van der Waals surface area contributed by atoms with Crippen molar-refractivity contribution in [1.82, 2.24) is 10.6 Å². The maximum absolute atomic E-state index is 14.2. The zero-order chi connectivity index (χ0) is 90.9. The van der Waals surface area contributed by atoms with Gasteiger partial charge in [-0.2, -0.15) is 19.2 Å². The standard InChI is InChI=1S/C43H55NO13.C26H24O9.C17H32BrNO4.2CO2.CH4.U/c1-25-19-34-37(39(47)30(22-54-34)28-12-11-27-20-32(55-23-50-9)33(56-24-51-10)21-29(27)38(28)46)36(26(25)2)41(49)53-18-17-52-16-14-35(45)44-31(13-15-42(3,4)5)40(48)57-43(6,7)8;1-13-7-21-23(22(14(13)2)26(29)30)25(28)18(10-33-21)16-6-5-15-8-19(34-11-31-3)20(35-12-32-4)9-17(15)24(16)27;1-16(2,3)9-7-13(15(21)23-17(4,5)6)19-14(20)8-11-22-12-10-18;2*2-1-3;;/h12,19-22,31H,11,13-18,23-24H2,1-10H3,(H,44,45);6-10H,5,11-12H2,1-4H3,(H,29,30);13H,7-12H2,1-6H3,(H,19,20);;;1H4;/p-1/t31-;;13-;;;;/m0.0..../s1. The first-order valence-corrected chi connectivity index (χ1v) is 39.6. The summed E-state index contributed by atoms with van der Waals surface area (Å²) < 4.78 is 81.2. The van der Waals surface area contributed by atoms with Gasteiger partial charge >= 0.3 is 30.2 Å². The number of hydrogen-bond acceptors (Lipinski definition) is 30. The molecule has 32 nitrogen and oxygen atoms in total. The third-order valence-electron chi connectivity index (χ3n) is 17.9. The van der Waals surface area contributed by atoms with Crippen LogP contribution in [0.15, 0.2) is 79.5 Å². The summed E-state index contributed by atoms with van der Waals surface area (Å²) in [7, 11) is 5.89. The number of ether oxygens (including phenoxy) is 13. The molecule has 2 aliphatic rings. The molecule has 0 fully saturated rings. The van der Waals surface area contributed by atoms with E-state index in [-0.39, 0.29) is 206 Å². The number of allylic oxidation sites excluding steroid dienone is 4. The van der Waals surface area contributed by atoms with Crippen LogP contribution in [0.5, 0.6) is 23.0 Å². The fraction of sp³-hybridized carbons (Fsp3) is 0.506. The number of fused-ring (bicyclic) bond motifs is 4. The second kappa shape index (κ2) is 52.1. The summed E-state index contributed by atoms with van der Waals surface area (Å²) in [5.41, 5.74) is 2.02. The van der Waals surface area contributed by atoms with Crippen molar-refractivity contribution in [3.63, 3.8) is 0 Å². The van der Waals surface area contributed by atoms with Crippen molar-refractivity contribution >= 4 is 109 Å². The van der Waals surface area contributed by atoms with E-state index in [0.29, 0.717) is 101 Å². The van der Waals surface area contributed by atoms with E-state index in [9.17, 15) is 53.1 Å². The number of Topliss-reactive ketones (excluding diaryl/α,β-unsaturated/α-hetero) is 2. The second-order valence-electron chi connectivity index (χ2n) is 32.0. The van der Waals surface area contributed by atoms with Gasteiger partial charge in [-0.25, -0.2) is 14.4 Å². The molecular formula is C89H114BrN2O30U-. The summed E-state index contributed by atoms with van der Waals surface area (Å²) in [6.45, 7) is 30.5. The van der Waals surface area contributed by atoms with Crippen molar-refractivity contribution in [2.75, 3.05) is 94.0 Å². The molecule has 2 heterocycles. The number of nitrogens with one attached hydrogen (secondary N) is 2. The summed E-state index contributed by atoms with van der Waals surface area (Å²) in [5.74, 6) is -3.30. The van der Waals surface area contributed by atoms with Crippen molar-refractivity contribution in [2.24, 2.45) is 10.8 Å². The number of aromatic carboxylic acids is 1. The molecule has 0 bridgehead atoms. The van der Waals surface area contributed by atoms with Gasteiger partial charge in [0.15, 0.2) is 61.7 Å². The van der Waals surface area contributed by atoms with E-state index in [1.165, 1.54) is 53.1 Å². The number of carboxylic acid groups (broad SMARTS) is 1. The van der Waals surface area contributed by atoms with Gasteiger partial charge in [0.25, 0.3) is 0 Å². The number of esters is 3. The van der Waals surface area contributed by atoms with Crippen LogP contribution in [-0.4, -0.2) is 177 Å². The van der Waals surface area contributed by atoms with Crippen molar-refractivity contribution in [2.45, 2.75) is 193 Å². The largest absolute Gasteiger partial charge is 0.545 e. The Kier molecular flexibility index (Phi) is 46.3. The number of rotatable bonds is 35. The summed E-state index contributed by atoms with van der Waals surface area (Å²) in [5, 5.41) is 18.0. The van der Waals surface area contributed by atoms with E-state index in [2.05, 4.69) is 68.1 Å². The van der Waals surface area contributed by atoms with Crippen molar-refractivity contribution in [3.05, 3.63) is 148 Å². The van der Waals surface area contributed by atoms with E-state index in [1.54, 1.807) is 84.9 Å². The molecular weight excluding hydrogens is 1890 g/mol. The van der Waals surface area contributed by atoms with E-state index in [4.69, 9.17) is 89.6 Å². The maximum atomic E-state index is 14.2. The number of alkyl halides is 1. The first-order valence-electron chi connectivity index (χ1n) is 38.5. The van der Waals surface area contributed by atoms with Crippen molar-refractivity contribution < 1.29 is 164 Å². The molecule has 0 unspecified atom stereocenters. The fourth-order valence-corrected chi connectivity index (χ4v) is 12.2. The Hall–Kier alpha value is -9.81. The third-order valence-corrected chi connectivity index (χ3v) is 18.2. The predicted molar refractivity (Wildman–Crippen MR) is 448 cm³/mol. The molecule has 6 aromatic rings. The SMILES string of the molecule is C.CC(C)(C)CC[C@H](NC(=O)CCOCCBr)C(=O)OC(C)(C)C.COCOc1cc2c(cc1OCOC)C(=O)C(c1coc3cc(C)c(C)c(C(=O)OCCOCCC(=O)N[C@@H](CCC(C)(C)C)C(=O)OC(C)(C)C)c3c1=O)=CC2.COCOc1cc2c(cc1OCOC)C(=O)C(c1coc3cc(C)c(C)c(C(=O)[O-])c3c1=O)=CC2.O=C=O.O=C=O.[U]. The number of amides is 2. The van der Waals surface area contributed by atoms with E-state index in [0.717, 1.165) is 11.8 Å². The molecule has 2 amide bonds. The van der Waals surface area contributed by atoms with Gasteiger partial charge in [0, 0.05) is 106 Å². The molecule has 2 aromatic heterocycles. The number of carbonyl (C=O) groups excluding carboxylic acids is 12. The summed E-state index contributed by atoms with van der Waals surface area (Å²) in [6.07, 6.45) is 9.49.